The smallest absolute Gasteiger partial charge is 0.0468 e. The van der Waals surface area contributed by atoms with Gasteiger partial charge in [0.15, 0.2) is 0 Å². The van der Waals surface area contributed by atoms with Gasteiger partial charge in [-0.1, -0.05) is 212 Å². The van der Waals surface area contributed by atoms with Crippen molar-refractivity contribution in [1.29, 1.82) is 0 Å². The average Bonchev–Trinajstić information content (AvgIpc) is 3.42. The van der Waals surface area contributed by atoms with Crippen LogP contribution in [0.4, 0.5) is 34.1 Å². The van der Waals surface area contributed by atoms with Crippen molar-refractivity contribution in [3.8, 4) is 44.5 Å². The molecule has 0 fully saturated rings. The molecular formula is C66H48N2. The molecule has 2 heteroatoms. The van der Waals surface area contributed by atoms with Crippen molar-refractivity contribution >= 4 is 57.0 Å². The van der Waals surface area contributed by atoms with Gasteiger partial charge in [-0.15, -0.1) is 0 Å². The van der Waals surface area contributed by atoms with E-state index in [1.54, 1.807) is 0 Å². The molecule has 11 aromatic carbocycles. The van der Waals surface area contributed by atoms with Gasteiger partial charge in [0, 0.05) is 34.1 Å². The predicted octanol–water partition coefficient (Wildman–Crippen LogP) is 18.6. The maximum Gasteiger partial charge on any atom is 0.0468 e. The van der Waals surface area contributed by atoms with Crippen LogP contribution in [0.5, 0.6) is 0 Å². The molecule has 0 aliphatic heterocycles. The van der Waals surface area contributed by atoms with Crippen LogP contribution < -0.4 is 9.80 Å². The van der Waals surface area contributed by atoms with Crippen LogP contribution in [0.2, 0.25) is 0 Å². The summed E-state index contributed by atoms with van der Waals surface area (Å²) in [5, 5.41) is 2.38. The zero-order chi connectivity index (χ0) is 45.5. The van der Waals surface area contributed by atoms with Crippen molar-refractivity contribution in [1.82, 2.24) is 0 Å². The third-order valence-corrected chi connectivity index (χ3v) is 12.7. The quantitative estimate of drug-likeness (QED) is 0.113. The topological polar surface area (TPSA) is 6.48 Å². The summed E-state index contributed by atoms with van der Waals surface area (Å²) in [4.78, 5) is 4.68. The molecule has 0 unspecified atom stereocenters. The number of anilines is 6. The van der Waals surface area contributed by atoms with Crippen molar-refractivity contribution < 1.29 is 0 Å². The molecule has 322 valence electrons. The first-order valence-corrected chi connectivity index (χ1v) is 23.2. The van der Waals surface area contributed by atoms with Gasteiger partial charge in [0.1, 0.15) is 0 Å². The van der Waals surface area contributed by atoms with Crippen LogP contribution in [0.25, 0.3) is 67.4 Å². The lowest BCUT2D eigenvalue weighted by Crippen LogP contribution is -2.09. The van der Waals surface area contributed by atoms with E-state index in [1.165, 1.54) is 55.3 Å². The summed E-state index contributed by atoms with van der Waals surface area (Å²) in [6.07, 6.45) is 4.41. The Labute approximate surface area is 399 Å². The van der Waals surface area contributed by atoms with E-state index >= 15 is 0 Å². The summed E-state index contributed by atoms with van der Waals surface area (Å²) in [6, 6.07) is 100. The fourth-order valence-corrected chi connectivity index (χ4v) is 9.05. The third kappa shape index (κ3) is 9.13. The summed E-state index contributed by atoms with van der Waals surface area (Å²) in [6.45, 7) is 0. The first-order valence-electron chi connectivity index (χ1n) is 23.2. The highest BCUT2D eigenvalue weighted by Gasteiger charge is 2.16. The Bertz CT molecular complexity index is 3250. The SMILES string of the molecule is C(=Cc1ccc2cc(N(c3ccc(-c4ccccc4)cc3)c3ccc(-c4ccccc4)cc3)ccc2c1)c1ccc(N(c2ccc(-c3ccccc3)cc2)c2ccc(-c3ccccc3)cc2)cc1. The minimum Gasteiger partial charge on any atom is -0.311 e. The Balaban J connectivity index is 0.860. The Morgan fingerprint density at radius 1 is 0.191 bits per heavy atom. The van der Waals surface area contributed by atoms with Crippen LogP contribution in [0.15, 0.2) is 279 Å². The lowest BCUT2D eigenvalue weighted by atomic mass is 10.0. The number of nitrogens with zero attached hydrogens (tertiary/aromatic N) is 2. The number of rotatable bonds is 12. The van der Waals surface area contributed by atoms with Crippen molar-refractivity contribution in [3.63, 3.8) is 0 Å². The van der Waals surface area contributed by atoms with E-state index in [2.05, 4.69) is 301 Å². The normalized spacial score (nSPS) is 11.2. The van der Waals surface area contributed by atoms with Crippen LogP contribution in [0, 0.1) is 0 Å². The molecule has 0 bridgehead atoms. The number of hydrogen-bond acceptors (Lipinski definition) is 2. The lowest BCUT2D eigenvalue weighted by molar-refractivity contribution is 1.28. The van der Waals surface area contributed by atoms with Gasteiger partial charge in [0.2, 0.25) is 0 Å². The Morgan fingerprint density at radius 3 is 0.809 bits per heavy atom. The van der Waals surface area contributed by atoms with E-state index in [4.69, 9.17) is 0 Å². The van der Waals surface area contributed by atoms with Crippen LogP contribution in [0.3, 0.4) is 0 Å². The maximum atomic E-state index is 2.35. The lowest BCUT2D eigenvalue weighted by Gasteiger charge is -2.26. The van der Waals surface area contributed by atoms with Crippen LogP contribution in [0.1, 0.15) is 11.1 Å². The number of benzene rings is 11. The molecule has 11 aromatic rings. The standard InChI is InChI=1S/C66H48N2/c1-5-13-51(14-6-1)55-27-38-62(39-28-55)67(63-40-29-56(30-41-63)52-15-7-2-8-16-52)61-36-24-49(25-37-61)21-22-50-23-26-60-48-66(46-35-59(60)47-50)68(64-42-31-57(32-43-64)53-17-9-3-10-18-53)65-44-33-58(34-45-65)54-19-11-4-12-20-54/h1-48H. The highest BCUT2D eigenvalue weighted by Crippen LogP contribution is 2.40. The number of fused-ring (bicyclic) bond motifs is 1. The van der Waals surface area contributed by atoms with Gasteiger partial charge in [-0.25, -0.2) is 0 Å². The zero-order valence-corrected chi connectivity index (χ0v) is 37.6. The minimum atomic E-state index is 1.09. The highest BCUT2D eigenvalue weighted by molar-refractivity contribution is 5.92. The second kappa shape index (κ2) is 19.2. The molecule has 0 aromatic heterocycles. The molecule has 0 heterocycles. The Morgan fingerprint density at radius 2 is 0.441 bits per heavy atom. The van der Waals surface area contributed by atoms with Crippen molar-refractivity contribution in [2.24, 2.45) is 0 Å². The molecule has 0 amide bonds. The fraction of sp³-hybridized carbons (Fsp3) is 0. The summed E-state index contributed by atoms with van der Waals surface area (Å²) in [7, 11) is 0. The predicted molar refractivity (Wildman–Crippen MR) is 290 cm³/mol. The van der Waals surface area contributed by atoms with Gasteiger partial charge in [0.25, 0.3) is 0 Å². The summed E-state index contributed by atoms with van der Waals surface area (Å²) >= 11 is 0. The van der Waals surface area contributed by atoms with E-state index in [-0.39, 0.29) is 0 Å². The van der Waals surface area contributed by atoms with E-state index in [1.807, 2.05) is 0 Å². The molecule has 0 atom stereocenters. The minimum absolute atomic E-state index is 1.09. The zero-order valence-electron chi connectivity index (χ0n) is 37.6. The first kappa shape index (κ1) is 41.7. The second-order valence-electron chi connectivity index (χ2n) is 17.0. The molecule has 0 saturated heterocycles. The third-order valence-electron chi connectivity index (χ3n) is 12.7. The molecule has 0 aliphatic rings. The summed E-state index contributed by atoms with van der Waals surface area (Å²) < 4.78 is 0. The van der Waals surface area contributed by atoms with Gasteiger partial charge in [-0.05, 0) is 145 Å². The Kier molecular flexibility index (Phi) is 11.8. The first-order chi connectivity index (χ1) is 33.7. The van der Waals surface area contributed by atoms with Gasteiger partial charge < -0.3 is 9.80 Å². The fourth-order valence-electron chi connectivity index (χ4n) is 9.05. The molecule has 68 heavy (non-hydrogen) atoms. The molecule has 0 N–H and O–H groups in total. The van der Waals surface area contributed by atoms with Gasteiger partial charge in [-0.2, -0.15) is 0 Å². The maximum absolute atomic E-state index is 2.35. The molecule has 0 radical (unpaired) electrons. The largest absolute Gasteiger partial charge is 0.311 e. The Hall–Kier alpha value is -8.98. The van der Waals surface area contributed by atoms with E-state index in [9.17, 15) is 0 Å². The molecule has 2 nitrogen and oxygen atoms in total. The molecule has 11 rings (SSSR count). The monoisotopic (exact) mass is 868 g/mol. The number of hydrogen-bond donors (Lipinski definition) is 0. The highest BCUT2D eigenvalue weighted by atomic mass is 15.1. The van der Waals surface area contributed by atoms with Crippen molar-refractivity contribution in [2.45, 2.75) is 0 Å². The van der Waals surface area contributed by atoms with E-state index in [0.717, 1.165) is 45.3 Å². The summed E-state index contributed by atoms with van der Waals surface area (Å²) in [5.74, 6) is 0. The van der Waals surface area contributed by atoms with Crippen molar-refractivity contribution in [2.75, 3.05) is 9.80 Å². The molecule has 0 aliphatic carbocycles. The van der Waals surface area contributed by atoms with Crippen LogP contribution >= 0.6 is 0 Å². The van der Waals surface area contributed by atoms with E-state index < -0.39 is 0 Å². The van der Waals surface area contributed by atoms with Gasteiger partial charge >= 0.3 is 0 Å². The average molecular weight is 869 g/mol. The van der Waals surface area contributed by atoms with Crippen LogP contribution in [-0.4, -0.2) is 0 Å². The van der Waals surface area contributed by atoms with Gasteiger partial charge in [0.05, 0.1) is 0 Å². The summed E-state index contributed by atoms with van der Waals surface area (Å²) in [5.41, 5.74) is 18.5. The van der Waals surface area contributed by atoms with Crippen LogP contribution in [-0.2, 0) is 0 Å². The van der Waals surface area contributed by atoms with Crippen molar-refractivity contribution in [3.05, 3.63) is 290 Å². The molecule has 0 spiro atoms. The molecular weight excluding hydrogens is 821 g/mol. The van der Waals surface area contributed by atoms with E-state index in [0.29, 0.717) is 0 Å². The second-order valence-corrected chi connectivity index (χ2v) is 17.0. The van der Waals surface area contributed by atoms with Gasteiger partial charge in [-0.3, -0.25) is 0 Å². The molecule has 0 saturated carbocycles.